The number of carbonyl (C=O) groups is 1. The van der Waals surface area contributed by atoms with E-state index in [2.05, 4.69) is 0 Å². The van der Waals surface area contributed by atoms with Gasteiger partial charge in [-0.25, -0.2) is 4.79 Å². The van der Waals surface area contributed by atoms with Crippen LogP contribution in [0.4, 0.5) is 5.69 Å². The van der Waals surface area contributed by atoms with Gasteiger partial charge in [0.25, 0.3) is 5.69 Å². The number of hydrogen-bond acceptors (Lipinski definition) is 4. The van der Waals surface area contributed by atoms with Crippen molar-refractivity contribution in [2.45, 2.75) is 27.4 Å². The van der Waals surface area contributed by atoms with Crippen LogP contribution in [0.2, 0.25) is 0 Å². The third kappa shape index (κ3) is 1.21. The standard InChI is InChI=1S/C11H11NO4/c1-5-6(2)10(12(14)15)7(3)8-4-16-11(13)9(5)8/h4H2,1-3H3. The summed E-state index contributed by atoms with van der Waals surface area (Å²) in [5, 5.41) is 11.0. The van der Waals surface area contributed by atoms with Gasteiger partial charge in [-0.3, -0.25) is 10.1 Å². The minimum Gasteiger partial charge on any atom is -0.457 e. The summed E-state index contributed by atoms with van der Waals surface area (Å²) < 4.78 is 4.91. The Morgan fingerprint density at radius 1 is 1.19 bits per heavy atom. The molecule has 5 nitrogen and oxygen atoms in total. The molecule has 84 valence electrons. The Morgan fingerprint density at radius 2 is 1.81 bits per heavy atom. The molecular formula is C11H11NO4. The lowest BCUT2D eigenvalue weighted by molar-refractivity contribution is -0.386. The minimum absolute atomic E-state index is 0.0922. The lowest BCUT2D eigenvalue weighted by Crippen LogP contribution is -2.05. The number of nitrogens with zero attached hydrogens (tertiary/aromatic N) is 1. The molecule has 0 aromatic heterocycles. The highest BCUT2D eigenvalue weighted by atomic mass is 16.6. The first-order chi connectivity index (χ1) is 7.45. The summed E-state index contributed by atoms with van der Waals surface area (Å²) >= 11 is 0. The summed E-state index contributed by atoms with van der Waals surface area (Å²) in [6.07, 6.45) is 0. The maximum atomic E-state index is 11.5. The Morgan fingerprint density at radius 3 is 2.38 bits per heavy atom. The lowest BCUT2D eigenvalue weighted by atomic mass is 9.93. The van der Waals surface area contributed by atoms with Gasteiger partial charge in [0.2, 0.25) is 0 Å². The van der Waals surface area contributed by atoms with E-state index in [0.717, 1.165) is 0 Å². The highest BCUT2D eigenvalue weighted by molar-refractivity contribution is 5.96. The Hall–Kier alpha value is -1.91. The number of nitro benzene ring substituents is 1. The van der Waals surface area contributed by atoms with Crippen LogP contribution in [-0.2, 0) is 11.3 Å². The molecule has 0 N–H and O–H groups in total. The van der Waals surface area contributed by atoms with Crippen LogP contribution in [0.3, 0.4) is 0 Å². The molecule has 0 unspecified atom stereocenters. The predicted molar refractivity (Wildman–Crippen MR) is 56.4 cm³/mol. The normalized spacial score (nSPS) is 13.6. The monoisotopic (exact) mass is 221 g/mol. The second-order valence-corrected chi connectivity index (χ2v) is 3.91. The average Bonchev–Trinajstić information content (AvgIpc) is 2.57. The second-order valence-electron chi connectivity index (χ2n) is 3.91. The summed E-state index contributed by atoms with van der Waals surface area (Å²) in [5.74, 6) is -0.381. The molecule has 0 aliphatic carbocycles. The quantitative estimate of drug-likeness (QED) is 0.414. The van der Waals surface area contributed by atoms with Crippen LogP contribution in [0.15, 0.2) is 0 Å². The molecule has 0 saturated carbocycles. The molecule has 5 heteroatoms. The molecule has 1 aliphatic rings. The highest BCUT2D eigenvalue weighted by Gasteiger charge is 2.32. The Bertz CT molecular complexity index is 516. The zero-order valence-electron chi connectivity index (χ0n) is 9.29. The summed E-state index contributed by atoms with van der Waals surface area (Å²) in [5.41, 5.74) is 2.97. The molecule has 0 amide bonds. The number of ether oxygens (including phenoxy) is 1. The second kappa shape index (κ2) is 3.30. The molecule has 2 rings (SSSR count). The molecular weight excluding hydrogens is 210 g/mol. The van der Waals surface area contributed by atoms with Gasteiger partial charge in [-0.05, 0) is 26.3 Å². The van der Waals surface area contributed by atoms with E-state index in [-0.39, 0.29) is 18.3 Å². The number of nitro groups is 1. The van der Waals surface area contributed by atoms with Crippen molar-refractivity contribution in [2.24, 2.45) is 0 Å². The molecule has 1 heterocycles. The maximum absolute atomic E-state index is 11.5. The van der Waals surface area contributed by atoms with Crippen LogP contribution in [0, 0.1) is 30.9 Å². The maximum Gasteiger partial charge on any atom is 0.339 e. The Balaban J connectivity index is 2.85. The van der Waals surface area contributed by atoms with Gasteiger partial charge in [0.05, 0.1) is 10.5 Å². The molecule has 1 aromatic carbocycles. The van der Waals surface area contributed by atoms with E-state index in [1.54, 1.807) is 20.8 Å². The fraction of sp³-hybridized carbons (Fsp3) is 0.364. The third-order valence-corrected chi connectivity index (χ3v) is 3.14. The first kappa shape index (κ1) is 10.6. The van der Waals surface area contributed by atoms with E-state index in [1.807, 2.05) is 0 Å². The average molecular weight is 221 g/mol. The van der Waals surface area contributed by atoms with Gasteiger partial charge in [-0.1, -0.05) is 0 Å². The van der Waals surface area contributed by atoms with Crippen LogP contribution >= 0.6 is 0 Å². The van der Waals surface area contributed by atoms with E-state index in [4.69, 9.17) is 4.74 Å². The van der Waals surface area contributed by atoms with Crippen molar-refractivity contribution in [1.29, 1.82) is 0 Å². The Labute approximate surface area is 92.2 Å². The van der Waals surface area contributed by atoms with Crippen molar-refractivity contribution in [3.8, 4) is 0 Å². The van der Waals surface area contributed by atoms with E-state index in [1.165, 1.54) is 0 Å². The van der Waals surface area contributed by atoms with Crippen LogP contribution in [-0.4, -0.2) is 10.9 Å². The molecule has 1 aliphatic heterocycles. The predicted octanol–water partition coefficient (Wildman–Crippen LogP) is 2.19. The molecule has 0 saturated heterocycles. The van der Waals surface area contributed by atoms with Gasteiger partial charge in [0.15, 0.2) is 0 Å². The van der Waals surface area contributed by atoms with Gasteiger partial charge >= 0.3 is 5.97 Å². The molecule has 0 fully saturated rings. The SMILES string of the molecule is Cc1c(C)c([N+](=O)[O-])c(C)c2c1C(=O)OC2. The van der Waals surface area contributed by atoms with E-state index in [0.29, 0.717) is 27.8 Å². The van der Waals surface area contributed by atoms with Crippen molar-refractivity contribution in [2.75, 3.05) is 0 Å². The molecule has 16 heavy (non-hydrogen) atoms. The molecule has 0 spiro atoms. The van der Waals surface area contributed by atoms with Gasteiger partial charge in [-0.2, -0.15) is 0 Å². The number of benzene rings is 1. The number of carbonyl (C=O) groups excluding carboxylic acids is 1. The van der Waals surface area contributed by atoms with E-state index >= 15 is 0 Å². The van der Waals surface area contributed by atoms with Gasteiger partial charge < -0.3 is 4.74 Å². The Kier molecular flexibility index (Phi) is 2.18. The first-order valence-corrected chi connectivity index (χ1v) is 4.89. The fourth-order valence-electron chi connectivity index (χ4n) is 2.14. The zero-order valence-corrected chi connectivity index (χ0v) is 9.29. The van der Waals surface area contributed by atoms with E-state index in [9.17, 15) is 14.9 Å². The highest BCUT2D eigenvalue weighted by Crippen LogP contribution is 2.36. The fourth-order valence-corrected chi connectivity index (χ4v) is 2.14. The summed E-state index contributed by atoms with van der Waals surface area (Å²) in [4.78, 5) is 22.0. The smallest absolute Gasteiger partial charge is 0.339 e. The van der Waals surface area contributed by atoms with Crippen molar-refractivity contribution in [3.63, 3.8) is 0 Å². The molecule has 0 radical (unpaired) electrons. The molecule has 0 bridgehead atoms. The lowest BCUT2D eigenvalue weighted by Gasteiger charge is -2.09. The first-order valence-electron chi connectivity index (χ1n) is 4.89. The van der Waals surface area contributed by atoms with Crippen LogP contribution < -0.4 is 0 Å². The molecule has 0 atom stereocenters. The number of fused-ring (bicyclic) bond motifs is 1. The summed E-state index contributed by atoms with van der Waals surface area (Å²) in [6, 6.07) is 0. The zero-order chi connectivity index (χ0) is 12.0. The van der Waals surface area contributed by atoms with E-state index < -0.39 is 4.92 Å². The largest absolute Gasteiger partial charge is 0.457 e. The van der Waals surface area contributed by atoms with Gasteiger partial charge in [-0.15, -0.1) is 0 Å². The molecule has 1 aromatic rings. The number of cyclic esters (lactones) is 1. The summed E-state index contributed by atoms with van der Waals surface area (Å²) in [7, 11) is 0. The van der Waals surface area contributed by atoms with Crippen molar-refractivity contribution < 1.29 is 14.5 Å². The number of esters is 1. The number of hydrogen-bond donors (Lipinski definition) is 0. The van der Waals surface area contributed by atoms with Crippen LogP contribution in [0.1, 0.15) is 32.6 Å². The summed E-state index contributed by atoms with van der Waals surface area (Å²) in [6.45, 7) is 5.17. The number of rotatable bonds is 1. The van der Waals surface area contributed by atoms with Crippen molar-refractivity contribution in [1.82, 2.24) is 0 Å². The third-order valence-electron chi connectivity index (χ3n) is 3.14. The van der Waals surface area contributed by atoms with Crippen LogP contribution in [0.25, 0.3) is 0 Å². The van der Waals surface area contributed by atoms with Gasteiger partial charge in [0.1, 0.15) is 6.61 Å². The minimum atomic E-state index is -0.402. The van der Waals surface area contributed by atoms with Crippen molar-refractivity contribution >= 4 is 11.7 Å². The van der Waals surface area contributed by atoms with Crippen LogP contribution in [0.5, 0.6) is 0 Å². The van der Waals surface area contributed by atoms with Gasteiger partial charge in [0, 0.05) is 16.7 Å². The topological polar surface area (TPSA) is 69.4 Å². The van der Waals surface area contributed by atoms with Crippen molar-refractivity contribution in [3.05, 3.63) is 37.9 Å².